The molecule has 0 N–H and O–H groups in total. The normalized spacial score (nSPS) is 11.1. The first-order valence-electron chi connectivity index (χ1n) is 9.12. The van der Waals surface area contributed by atoms with E-state index in [1.165, 1.54) is 0 Å². The summed E-state index contributed by atoms with van der Waals surface area (Å²) in [7, 11) is 0. The molecule has 0 aliphatic rings. The van der Waals surface area contributed by atoms with Crippen molar-refractivity contribution in [3.8, 4) is 11.3 Å². The molecule has 0 spiro atoms. The Morgan fingerprint density at radius 3 is 2.38 bits per heavy atom. The summed E-state index contributed by atoms with van der Waals surface area (Å²) in [5, 5.41) is 4.68. The zero-order valence-corrected chi connectivity index (χ0v) is 15.9. The first-order valence-corrected chi connectivity index (χ1v) is 9.12. The van der Waals surface area contributed by atoms with E-state index in [9.17, 15) is 4.79 Å². The fraction of sp³-hybridized carbons (Fsp3) is 0.318. The highest BCUT2D eigenvalue weighted by Crippen LogP contribution is 2.21. The Hall–Kier alpha value is -2.75. The highest BCUT2D eigenvalue weighted by Gasteiger charge is 2.12. The summed E-state index contributed by atoms with van der Waals surface area (Å²) in [5.74, 6) is 0.386. The molecule has 3 aromatic rings. The van der Waals surface area contributed by atoms with Crippen molar-refractivity contribution in [2.24, 2.45) is 0 Å². The molecular formula is C22H25N3O. The van der Waals surface area contributed by atoms with E-state index in [4.69, 9.17) is 0 Å². The maximum atomic E-state index is 12.6. The Balaban J connectivity index is 2.02. The number of pyridine rings is 1. The van der Waals surface area contributed by atoms with Crippen molar-refractivity contribution < 1.29 is 0 Å². The summed E-state index contributed by atoms with van der Waals surface area (Å²) >= 11 is 0. The van der Waals surface area contributed by atoms with Crippen LogP contribution in [-0.2, 0) is 13.0 Å². The van der Waals surface area contributed by atoms with E-state index in [1.807, 2.05) is 50.2 Å². The van der Waals surface area contributed by atoms with Crippen LogP contribution >= 0.6 is 0 Å². The second kappa shape index (κ2) is 7.65. The maximum Gasteiger partial charge on any atom is 0.267 e. The largest absolute Gasteiger partial charge is 0.268 e. The lowest BCUT2D eigenvalue weighted by Gasteiger charge is -2.13. The summed E-state index contributed by atoms with van der Waals surface area (Å²) in [6.45, 7) is 8.72. The van der Waals surface area contributed by atoms with E-state index < -0.39 is 0 Å². The van der Waals surface area contributed by atoms with Crippen LogP contribution in [-0.4, -0.2) is 14.8 Å². The van der Waals surface area contributed by atoms with Crippen LogP contribution in [0.3, 0.4) is 0 Å². The third-order valence-corrected chi connectivity index (χ3v) is 4.63. The number of aryl methyl sites for hydroxylation is 2. The van der Waals surface area contributed by atoms with Crippen LogP contribution in [0.5, 0.6) is 0 Å². The van der Waals surface area contributed by atoms with Gasteiger partial charge in [0.1, 0.15) is 0 Å². The van der Waals surface area contributed by atoms with E-state index in [2.05, 4.69) is 30.0 Å². The van der Waals surface area contributed by atoms with Crippen molar-refractivity contribution in [1.82, 2.24) is 14.8 Å². The van der Waals surface area contributed by atoms with Gasteiger partial charge < -0.3 is 0 Å². The van der Waals surface area contributed by atoms with Crippen molar-refractivity contribution in [2.75, 3.05) is 0 Å². The molecule has 2 heterocycles. The highest BCUT2D eigenvalue weighted by molar-refractivity contribution is 5.62. The van der Waals surface area contributed by atoms with E-state index in [-0.39, 0.29) is 5.56 Å². The third kappa shape index (κ3) is 3.74. The zero-order valence-electron chi connectivity index (χ0n) is 15.9. The SMILES string of the molecule is CCc1cc(=O)n(Cc2ccc(C(C)C)nc2C)nc1-c1ccccc1. The number of aromatic nitrogens is 3. The van der Waals surface area contributed by atoms with Crippen molar-refractivity contribution in [3.05, 3.63) is 81.4 Å². The lowest BCUT2D eigenvalue weighted by atomic mass is 10.0. The average molecular weight is 347 g/mol. The number of benzene rings is 1. The first-order chi connectivity index (χ1) is 12.5. The molecule has 0 radical (unpaired) electrons. The van der Waals surface area contributed by atoms with Gasteiger partial charge in [0.05, 0.1) is 12.2 Å². The molecule has 26 heavy (non-hydrogen) atoms. The molecule has 0 bridgehead atoms. The third-order valence-electron chi connectivity index (χ3n) is 4.63. The molecule has 134 valence electrons. The number of hydrogen-bond acceptors (Lipinski definition) is 3. The van der Waals surface area contributed by atoms with Gasteiger partial charge in [-0.05, 0) is 36.5 Å². The van der Waals surface area contributed by atoms with Crippen LogP contribution in [0.1, 0.15) is 49.2 Å². The van der Waals surface area contributed by atoms with Gasteiger partial charge in [0.2, 0.25) is 0 Å². The first kappa shape index (κ1) is 18.1. The van der Waals surface area contributed by atoms with Crippen molar-refractivity contribution >= 4 is 0 Å². The standard InChI is InChI=1S/C22H25N3O/c1-5-17-13-21(26)25(24-22(17)18-9-7-6-8-10-18)14-19-11-12-20(15(2)3)23-16(19)4/h6-13,15H,5,14H2,1-4H3. The Bertz CT molecular complexity index is 959. The van der Waals surface area contributed by atoms with Crippen molar-refractivity contribution in [1.29, 1.82) is 0 Å². The molecule has 0 aliphatic heterocycles. The van der Waals surface area contributed by atoms with E-state index >= 15 is 0 Å². The predicted molar refractivity (Wildman–Crippen MR) is 105 cm³/mol. The zero-order chi connectivity index (χ0) is 18.7. The van der Waals surface area contributed by atoms with Crippen molar-refractivity contribution in [3.63, 3.8) is 0 Å². The molecule has 4 heteroatoms. The summed E-state index contributed by atoms with van der Waals surface area (Å²) in [6.07, 6.45) is 0.775. The molecule has 0 unspecified atom stereocenters. The van der Waals surface area contributed by atoms with Crippen LogP contribution in [0, 0.1) is 6.92 Å². The topological polar surface area (TPSA) is 47.8 Å². The highest BCUT2D eigenvalue weighted by atomic mass is 16.1. The summed E-state index contributed by atoms with van der Waals surface area (Å²) in [5.41, 5.74) is 5.84. The van der Waals surface area contributed by atoms with E-state index in [0.717, 1.165) is 40.2 Å². The smallest absolute Gasteiger partial charge is 0.267 e. The van der Waals surface area contributed by atoms with Crippen molar-refractivity contribution in [2.45, 2.75) is 46.6 Å². The van der Waals surface area contributed by atoms with E-state index in [1.54, 1.807) is 10.7 Å². The second-order valence-electron chi connectivity index (χ2n) is 6.87. The summed E-state index contributed by atoms with van der Waals surface area (Å²) in [4.78, 5) is 17.2. The fourth-order valence-electron chi connectivity index (χ4n) is 3.01. The molecule has 1 aromatic carbocycles. The van der Waals surface area contributed by atoms with Gasteiger partial charge in [0.15, 0.2) is 0 Å². The van der Waals surface area contributed by atoms with Gasteiger partial charge in [0.25, 0.3) is 5.56 Å². The summed E-state index contributed by atoms with van der Waals surface area (Å²) < 4.78 is 1.54. The minimum Gasteiger partial charge on any atom is -0.268 e. The Kier molecular flexibility index (Phi) is 5.31. The van der Waals surface area contributed by atoms with Gasteiger partial charge in [-0.1, -0.05) is 57.2 Å². The minimum atomic E-state index is -0.0751. The molecule has 0 aliphatic carbocycles. The predicted octanol–water partition coefficient (Wildman–Crippen LogP) is 4.35. The second-order valence-corrected chi connectivity index (χ2v) is 6.87. The number of rotatable bonds is 5. The van der Waals surface area contributed by atoms with Crippen LogP contribution in [0.25, 0.3) is 11.3 Å². The van der Waals surface area contributed by atoms with Crippen LogP contribution in [0.4, 0.5) is 0 Å². The number of nitrogens with zero attached hydrogens (tertiary/aromatic N) is 3. The monoisotopic (exact) mass is 347 g/mol. The van der Waals surface area contributed by atoms with Gasteiger partial charge in [-0.3, -0.25) is 9.78 Å². The molecule has 2 aromatic heterocycles. The average Bonchev–Trinajstić information content (AvgIpc) is 2.65. The van der Waals surface area contributed by atoms with Crippen LogP contribution < -0.4 is 5.56 Å². The maximum absolute atomic E-state index is 12.6. The Morgan fingerprint density at radius 1 is 1.04 bits per heavy atom. The quantitative estimate of drug-likeness (QED) is 0.689. The number of hydrogen-bond donors (Lipinski definition) is 0. The molecular weight excluding hydrogens is 322 g/mol. The van der Waals surface area contributed by atoms with Gasteiger partial charge in [-0.25, -0.2) is 4.68 Å². The van der Waals surface area contributed by atoms with Gasteiger partial charge in [-0.2, -0.15) is 5.10 Å². The Morgan fingerprint density at radius 2 is 1.77 bits per heavy atom. The lowest BCUT2D eigenvalue weighted by Crippen LogP contribution is -2.25. The van der Waals surface area contributed by atoms with Gasteiger partial charge in [-0.15, -0.1) is 0 Å². The van der Waals surface area contributed by atoms with Gasteiger partial charge in [0, 0.05) is 23.0 Å². The molecule has 0 saturated carbocycles. The fourth-order valence-corrected chi connectivity index (χ4v) is 3.01. The minimum absolute atomic E-state index is 0.0751. The molecule has 4 nitrogen and oxygen atoms in total. The molecule has 0 amide bonds. The van der Waals surface area contributed by atoms with Crippen LogP contribution in [0.2, 0.25) is 0 Å². The van der Waals surface area contributed by atoms with Gasteiger partial charge >= 0.3 is 0 Å². The molecule has 0 fully saturated rings. The molecule has 0 atom stereocenters. The lowest BCUT2D eigenvalue weighted by molar-refractivity contribution is 0.632. The molecule has 0 saturated heterocycles. The summed E-state index contributed by atoms with van der Waals surface area (Å²) in [6, 6.07) is 15.8. The van der Waals surface area contributed by atoms with Crippen LogP contribution in [0.15, 0.2) is 53.3 Å². The molecule has 3 rings (SSSR count). The van der Waals surface area contributed by atoms with E-state index in [0.29, 0.717) is 12.5 Å². The Labute approximate surface area is 154 Å².